The number of imidazole rings is 1. The van der Waals surface area contributed by atoms with Gasteiger partial charge in [-0.3, -0.25) is 4.79 Å². The van der Waals surface area contributed by atoms with E-state index >= 15 is 0 Å². The number of nitrogens with zero attached hydrogens (tertiary/aromatic N) is 3. The van der Waals surface area contributed by atoms with Gasteiger partial charge in [-0.15, -0.1) is 0 Å². The van der Waals surface area contributed by atoms with Crippen molar-refractivity contribution < 1.29 is 9.53 Å². The molecule has 1 atom stereocenters. The molecule has 0 unspecified atom stereocenters. The van der Waals surface area contributed by atoms with E-state index in [1.165, 1.54) is 5.56 Å². The van der Waals surface area contributed by atoms with Gasteiger partial charge in [0.1, 0.15) is 17.6 Å². The number of hydrogen-bond donors (Lipinski definition) is 1. The lowest BCUT2D eigenvalue weighted by Crippen LogP contribution is -2.31. The monoisotopic (exact) mass is 450 g/mol. The second-order valence-electron chi connectivity index (χ2n) is 8.25. The van der Waals surface area contributed by atoms with Crippen LogP contribution in [0.25, 0.3) is 10.9 Å². The molecular formula is C28H26N4O2. The number of ether oxygens (including phenoxy) is 1. The molecule has 34 heavy (non-hydrogen) atoms. The smallest absolute Gasteiger partial charge is 0.254 e. The van der Waals surface area contributed by atoms with Crippen LogP contribution >= 0.6 is 0 Å². The number of rotatable bonds is 7. The Bertz CT molecular complexity index is 1420. The third-order valence-corrected chi connectivity index (χ3v) is 6.07. The maximum atomic E-state index is 13.7. The van der Waals surface area contributed by atoms with Gasteiger partial charge in [0.05, 0.1) is 12.7 Å². The average Bonchev–Trinajstić information content (AvgIpc) is 3.47. The minimum atomic E-state index is -0.408. The van der Waals surface area contributed by atoms with Gasteiger partial charge in [-0.1, -0.05) is 60.7 Å². The number of carbonyl (C=O) groups excluding carboxylic acids is 1. The minimum absolute atomic E-state index is 0.146. The molecule has 5 rings (SSSR count). The summed E-state index contributed by atoms with van der Waals surface area (Å²) < 4.78 is 9.35. The predicted octanol–water partition coefficient (Wildman–Crippen LogP) is 4.95. The van der Waals surface area contributed by atoms with Crippen LogP contribution in [0.15, 0.2) is 97.5 Å². The topological polar surface area (TPSA) is 61.1 Å². The summed E-state index contributed by atoms with van der Waals surface area (Å²) in [7, 11) is 3.56. The maximum Gasteiger partial charge on any atom is 0.254 e. The normalized spacial score (nSPS) is 11.9. The molecule has 0 aliphatic carbocycles. The molecule has 6 nitrogen and oxygen atoms in total. The minimum Gasteiger partial charge on any atom is -0.497 e. The van der Waals surface area contributed by atoms with E-state index in [-0.39, 0.29) is 5.91 Å². The molecule has 0 fully saturated rings. The molecule has 3 aromatic carbocycles. The second-order valence-corrected chi connectivity index (χ2v) is 8.25. The number of aryl methyl sites for hydroxylation is 1. The lowest BCUT2D eigenvalue weighted by molar-refractivity contribution is 0.0942. The van der Waals surface area contributed by atoms with E-state index < -0.39 is 6.04 Å². The van der Waals surface area contributed by atoms with E-state index in [1.807, 2.05) is 84.7 Å². The Hall–Kier alpha value is -4.32. The zero-order valence-electron chi connectivity index (χ0n) is 19.2. The summed E-state index contributed by atoms with van der Waals surface area (Å²) in [4.78, 5) is 18.2. The fraction of sp³-hybridized carbons (Fsp3) is 0.143. The van der Waals surface area contributed by atoms with Crippen LogP contribution in [0.5, 0.6) is 5.75 Å². The molecule has 2 aromatic heterocycles. The van der Waals surface area contributed by atoms with Crippen molar-refractivity contribution in [1.29, 1.82) is 0 Å². The number of hydrogen-bond acceptors (Lipinski definition) is 3. The summed E-state index contributed by atoms with van der Waals surface area (Å²) in [6, 6.07) is 25.5. The second kappa shape index (κ2) is 9.27. The molecule has 0 radical (unpaired) electrons. The highest BCUT2D eigenvalue weighted by molar-refractivity contribution is 6.07. The Labute approximate surface area is 198 Å². The third-order valence-electron chi connectivity index (χ3n) is 6.07. The Morgan fingerprint density at radius 1 is 1.00 bits per heavy atom. The summed E-state index contributed by atoms with van der Waals surface area (Å²) in [5.41, 5.74) is 3.77. The largest absolute Gasteiger partial charge is 0.497 e. The summed E-state index contributed by atoms with van der Waals surface area (Å²) in [5, 5.41) is 4.14. The Morgan fingerprint density at radius 2 is 1.74 bits per heavy atom. The standard InChI is InChI=1S/C28H26N4O2/c1-31-17-16-29-27(31)26(21-12-14-22(34-2)15-13-21)30-28(33)24-19-32(18-20-8-4-3-5-9-20)25-11-7-6-10-23(24)25/h3-17,19,26H,18H2,1-2H3,(H,30,33)/t26-/m1/s1. The highest BCUT2D eigenvalue weighted by atomic mass is 16.5. The molecule has 6 heteroatoms. The van der Waals surface area contributed by atoms with E-state index in [1.54, 1.807) is 13.3 Å². The van der Waals surface area contributed by atoms with Crippen LogP contribution in [0, 0.1) is 0 Å². The van der Waals surface area contributed by atoms with E-state index in [0.717, 1.165) is 28.0 Å². The van der Waals surface area contributed by atoms with Crippen LogP contribution in [-0.4, -0.2) is 27.1 Å². The summed E-state index contributed by atoms with van der Waals surface area (Å²) in [5.74, 6) is 1.37. The van der Waals surface area contributed by atoms with Crippen molar-refractivity contribution in [3.63, 3.8) is 0 Å². The Kier molecular flexibility index (Phi) is 5.87. The van der Waals surface area contributed by atoms with Crippen molar-refractivity contribution in [2.45, 2.75) is 12.6 Å². The molecule has 0 bridgehead atoms. The highest BCUT2D eigenvalue weighted by Crippen LogP contribution is 2.26. The first-order valence-electron chi connectivity index (χ1n) is 11.2. The fourth-order valence-electron chi connectivity index (χ4n) is 4.30. The fourth-order valence-corrected chi connectivity index (χ4v) is 4.30. The zero-order chi connectivity index (χ0) is 23.5. The van der Waals surface area contributed by atoms with Gasteiger partial charge < -0.3 is 19.2 Å². The molecule has 1 N–H and O–H groups in total. The van der Waals surface area contributed by atoms with E-state index in [0.29, 0.717) is 12.1 Å². The van der Waals surface area contributed by atoms with Gasteiger partial charge in [0.15, 0.2) is 0 Å². The van der Waals surface area contributed by atoms with Crippen molar-refractivity contribution in [2.24, 2.45) is 7.05 Å². The van der Waals surface area contributed by atoms with Gasteiger partial charge in [0.2, 0.25) is 0 Å². The van der Waals surface area contributed by atoms with Gasteiger partial charge in [-0.25, -0.2) is 4.98 Å². The molecule has 0 aliphatic heterocycles. The molecule has 0 spiro atoms. The van der Waals surface area contributed by atoms with Crippen LogP contribution in [0.4, 0.5) is 0 Å². The lowest BCUT2D eigenvalue weighted by Gasteiger charge is -2.19. The van der Waals surface area contributed by atoms with Crippen LogP contribution in [0.2, 0.25) is 0 Å². The van der Waals surface area contributed by atoms with E-state index in [9.17, 15) is 4.79 Å². The van der Waals surface area contributed by atoms with Gasteiger partial charge in [0, 0.05) is 43.1 Å². The third kappa shape index (κ3) is 4.18. The van der Waals surface area contributed by atoms with Gasteiger partial charge >= 0.3 is 0 Å². The quantitative estimate of drug-likeness (QED) is 0.382. The summed E-state index contributed by atoms with van der Waals surface area (Å²) in [6.07, 6.45) is 5.56. The number of fused-ring (bicyclic) bond motifs is 1. The Balaban J connectivity index is 1.51. The molecule has 0 saturated carbocycles. The first-order chi connectivity index (χ1) is 16.6. The number of aromatic nitrogens is 3. The van der Waals surface area contributed by atoms with Crippen molar-refractivity contribution in [2.75, 3.05) is 7.11 Å². The first kappa shape index (κ1) is 21.5. The predicted molar refractivity (Wildman–Crippen MR) is 133 cm³/mol. The van der Waals surface area contributed by atoms with Crippen molar-refractivity contribution in [3.05, 3.63) is 120 Å². The van der Waals surface area contributed by atoms with Gasteiger partial charge in [0.25, 0.3) is 5.91 Å². The number of benzene rings is 3. The van der Waals surface area contributed by atoms with E-state index in [4.69, 9.17) is 4.74 Å². The lowest BCUT2D eigenvalue weighted by atomic mass is 10.0. The first-order valence-corrected chi connectivity index (χ1v) is 11.2. The summed E-state index contributed by atoms with van der Waals surface area (Å²) in [6.45, 7) is 0.690. The van der Waals surface area contributed by atoms with Crippen LogP contribution < -0.4 is 10.1 Å². The van der Waals surface area contributed by atoms with Crippen molar-refractivity contribution >= 4 is 16.8 Å². The number of para-hydroxylation sites is 1. The molecule has 2 heterocycles. The number of nitrogens with one attached hydrogen (secondary N) is 1. The number of carbonyl (C=O) groups is 1. The average molecular weight is 451 g/mol. The van der Waals surface area contributed by atoms with Gasteiger partial charge in [-0.2, -0.15) is 0 Å². The zero-order valence-corrected chi connectivity index (χ0v) is 19.2. The number of methoxy groups -OCH3 is 1. The van der Waals surface area contributed by atoms with Crippen molar-refractivity contribution in [3.8, 4) is 5.75 Å². The SMILES string of the molecule is COc1ccc([C@@H](NC(=O)c2cn(Cc3ccccc3)c3ccccc23)c2nccn2C)cc1. The molecular weight excluding hydrogens is 424 g/mol. The number of amides is 1. The summed E-state index contributed by atoms with van der Waals surface area (Å²) >= 11 is 0. The van der Waals surface area contributed by atoms with Crippen LogP contribution in [-0.2, 0) is 13.6 Å². The highest BCUT2D eigenvalue weighted by Gasteiger charge is 2.23. The van der Waals surface area contributed by atoms with Gasteiger partial charge in [-0.05, 0) is 29.3 Å². The molecule has 0 saturated heterocycles. The molecule has 1 amide bonds. The maximum absolute atomic E-state index is 13.7. The van der Waals surface area contributed by atoms with Crippen molar-refractivity contribution in [1.82, 2.24) is 19.4 Å². The molecule has 170 valence electrons. The van der Waals surface area contributed by atoms with Crippen LogP contribution in [0.1, 0.15) is 33.4 Å². The van der Waals surface area contributed by atoms with Crippen LogP contribution in [0.3, 0.4) is 0 Å². The Morgan fingerprint density at radius 3 is 2.44 bits per heavy atom. The molecule has 5 aromatic rings. The van der Waals surface area contributed by atoms with E-state index in [2.05, 4.69) is 33.1 Å². The molecule has 0 aliphatic rings.